The van der Waals surface area contributed by atoms with Crippen LogP contribution in [0.4, 0.5) is 0 Å². The minimum absolute atomic E-state index is 0.000958. The van der Waals surface area contributed by atoms with Crippen molar-refractivity contribution in [3.63, 3.8) is 0 Å². The molecule has 2 aliphatic rings. The maximum absolute atomic E-state index is 12.1. The summed E-state index contributed by atoms with van der Waals surface area (Å²) >= 11 is 0. The fourth-order valence-corrected chi connectivity index (χ4v) is 5.47. The Morgan fingerprint density at radius 2 is 1.76 bits per heavy atom. The lowest BCUT2D eigenvalue weighted by Crippen LogP contribution is -2.48. The van der Waals surface area contributed by atoms with Gasteiger partial charge in [-0.25, -0.2) is 13.9 Å². The highest BCUT2D eigenvalue weighted by molar-refractivity contribution is 7.61. The minimum atomic E-state index is -5.40. The van der Waals surface area contributed by atoms with Crippen LogP contribution in [-0.4, -0.2) is 89.3 Å². The van der Waals surface area contributed by atoms with Crippen LogP contribution in [0.2, 0.25) is 0 Å². The molecule has 0 aliphatic carbocycles. The van der Waals surface area contributed by atoms with Crippen molar-refractivity contribution in [2.24, 2.45) is 0 Å². The van der Waals surface area contributed by atoms with Gasteiger partial charge in [-0.3, -0.25) is 23.4 Å². The molecule has 2 saturated heterocycles. The lowest BCUT2D eigenvalue weighted by Gasteiger charge is -2.35. The SMILES string of the molecule is CC1C[C@H](O)C(O)[C@@H](OP(=O)(O)OP(=O)(O)OC[C@H]2O[C@@H](n3ccc(=O)[nH]c3=O)C(O)[C@H]2O)O1. The number of nitrogens with zero attached hydrogens (tertiary/aromatic N) is 1. The number of nitrogens with one attached hydrogen (secondary N) is 1. The number of H-pyrrole nitrogens is 1. The molecule has 0 spiro atoms. The molecule has 1 aromatic rings. The van der Waals surface area contributed by atoms with Crippen molar-refractivity contribution < 1.29 is 62.2 Å². The van der Waals surface area contributed by atoms with Crippen molar-refractivity contribution in [3.8, 4) is 0 Å². The number of aromatic amines is 1. The quantitative estimate of drug-likeness (QED) is 0.167. The zero-order chi connectivity index (χ0) is 25.4. The van der Waals surface area contributed by atoms with Gasteiger partial charge in [-0.15, -0.1) is 0 Å². The maximum atomic E-state index is 12.1. The minimum Gasteiger partial charge on any atom is -0.390 e. The Labute approximate surface area is 190 Å². The molecule has 0 amide bonds. The zero-order valence-corrected chi connectivity index (χ0v) is 19.2. The van der Waals surface area contributed by atoms with Crippen LogP contribution in [0.15, 0.2) is 21.9 Å². The summed E-state index contributed by atoms with van der Waals surface area (Å²) in [4.78, 5) is 44.5. The van der Waals surface area contributed by atoms with E-state index in [4.69, 9.17) is 9.47 Å². The molecule has 2 fully saturated rings. The molecule has 19 heteroatoms. The average Bonchev–Trinajstić information content (AvgIpc) is 2.97. The van der Waals surface area contributed by atoms with Gasteiger partial charge in [0.15, 0.2) is 12.5 Å². The number of aliphatic hydroxyl groups excluding tert-OH is 4. The summed E-state index contributed by atoms with van der Waals surface area (Å²) in [6.07, 6.45) is -11.1. The summed E-state index contributed by atoms with van der Waals surface area (Å²) in [7, 11) is -10.8. The molecule has 3 rings (SSSR count). The van der Waals surface area contributed by atoms with Gasteiger partial charge in [0, 0.05) is 18.7 Å². The Morgan fingerprint density at radius 1 is 1.09 bits per heavy atom. The molecule has 17 nitrogen and oxygen atoms in total. The van der Waals surface area contributed by atoms with Crippen molar-refractivity contribution in [1.29, 1.82) is 0 Å². The highest BCUT2D eigenvalue weighted by Crippen LogP contribution is 2.61. The summed E-state index contributed by atoms with van der Waals surface area (Å²) in [5, 5.41) is 39.7. The van der Waals surface area contributed by atoms with Gasteiger partial charge in [0.2, 0.25) is 0 Å². The summed E-state index contributed by atoms with van der Waals surface area (Å²) in [6, 6.07) is 0.953. The first-order chi connectivity index (χ1) is 15.7. The lowest BCUT2D eigenvalue weighted by atomic mass is 10.0. The molecular formula is C15H24N2O15P2. The molecule has 3 heterocycles. The normalized spacial score (nSPS) is 37.7. The van der Waals surface area contributed by atoms with E-state index in [0.29, 0.717) is 0 Å². The maximum Gasteiger partial charge on any atom is 0.483 e. The van der Waals surface area contributed by atoms with E-state index in [1.807, 2.05) is 4.98 Å². The van der Waals surface area contributed by atoms with Crippen LogP contribution in [0, 0.1) is 0 Å². The highest BCUT2D eigenvalue weighted by atomic mass is 31.3. The van der Waals surface area contributed by atoms with Crippen LogP contribution in [0.25, 0.3) is 0 Å². The number of phosphoric ester groups is 2. The standard InChI is InChI=1S/C15H24N2O15P2/c1-6-4-7(18)10(20)14(29-6)31-34(26,27)32-33(24,25)28-5-8-11(21)12(22)13(30-8)17-3-2-9(19)16-15(17)23/h2-3,6-8,10-14,18,20-22H,4-5H2,1H3,(H,24,25)(H,26,27)(H,16,19,23)/t6?,7-,8+,10?,11-,12?,13+,14+/m0/s1. The first kappa shape index (κ1) is 27.3. The fraction of sp³-hybridized carbons (Fsp3) is 0.733. The van der Waals surface area contributed by atoms with Crippen molar-refractivity contribution in [3.05, 3.63) is 33.1 Å². The fourth-order valence-electron chi connectivity index (χ4n) is 3.31. The molecule has 0 aromatic carbocycles. The van der Waals surface area contributed by atoms with Gasteiger partial charge in [-0.2, -0.15) is 4.31 Å². The molecule has 2 aliphatic heterocycles. The van der Waals surface area contributed by atoms with Crippen LogP contribution in [0.5, 0.6) is 0 Å². The van der Waals surface area contributed by atoms with Crippen molar-refractivity contribution >= 4 is 15.6 Å². The van der Waals surface area contributed by atoms with Gasteiger partial charge in [-0.1, -0.05) is 0 Å². The Balaban J connectivity index is 1.60. The largest absolute Gasteiger partial charge is 0.483 e. The molecule has 7 N–H and O–H groups in total. The number of aliphatic hydroxyl groups is 4. The lowest BCUT2D eigenvalue weighted by molar-refractivity contribution is -0.235. The molecule has 34 heavy (non-hydrogen) atoms. The first-order valence-electron chi connectivity index (χ1n) is 9.73. The van der Waals surface area contributed by atoms with Crippen LogP contribution >= 0.6 is 15.6 Å². The number of ether oxygens (including phenoxy) is 2. The van der Waals surface area contributed by atoms with E-state index in [1.165, 1.54) is 6.92 Å². The smallest absolute Gasteiger partial charge is 0.390 e. The molecule has 0 bridgehead atoms. The average molecular weight is 534 g/mol. The van der Waals surface area contributed by atoms with Gasteiger partial charge in [0.25, 0.3) is 5.56 Å². The number of aromatic nitrogens is 2. The second-order valence-corrected chi connectivity index (χ2v) is 10.6. The molecule has 194 valence electrons. The Hall–Kier alpha value is -1.30. The van der Waals surface area contributed by atoms with Gasteiger partial charge < -0.3 is 39.7 Å². The van der Waals surface area contributed by atoms with E-state index in [9.17, 15) is 48.9 Å². The third-order valence-electron chi connectivity index (χ3n) is 4.92. The highest BCUT2D eigenvalue weighted by Gasteiger charge is 2.47. The van der Waals surface area contributed by atoms with Gasteiger partial charge in [-0.05, 0) is 6.92 Å². The molecule has 5 unspecified atom stereocenters. The summed E-state index contributed by atoms with van der Waals surface area (Å²) < 4.78 is 48.5. The molecule has 0 radical (unpaired) electrons. The number of hydrogen-bond donors (Lipinski definition) is 7. The zero-order valence-electron chi connectivity index (χ0n) is 17.4. The Kier molecular flexibility index (Phi) is 8.32. The predicted octanol–water partition coefficient (Wildman–Crippen LogP) is -2.74. The van der Waals surface area contributed by atoms with Crippen molar-refractivity contribution in [2.75, 3.05) is 6.61 Å². The van der Waals surface area contributed by atoms with E-state index in [1.54, 1.807) is 0 Å². The van der Waals surface area contributed by atoms with Crippen LogP contribution < -0.4 is 11.2 Å². The van der Waals surface area contributed by atoms with Crippen LogP contribution in [-0.2, 0) is 32.0 Å². The number of hydrogen-bond acceptors (Lipinski definition) is 13. The van der Waals surface area contributed by atoms with Crippen molar-refractivity contribution in [2.45, 2.75) is 62.5 Å². The monoisotopic (exact) mass is 534 g/mol. The first-order valence-corrected chi connectivity index (χ1v) is 12.7. The van der Waals surface area contributed by atoms with Gasteiger partial charge in [0.1, 0.15) is 24.4 Å². The second kappa shape index (κ2) is 10.4. The topological polar surface area (TPSA) is 257 Å². The number of phosphoric acid groups is 2. The predicted molar refractivity (Wildman–Crippen MR) is 106 cm³/mol. The molecule has 0 saturated carbocycles. The van der Waals surface area contributed by atoms with Crippen LogP contribution in [0.3, 0.4) is 0 Å². The summed E-state index contributed by atoms with van der Waals surface area (Å²) in [5.41, 5.74) is -1.69. The van der Waals surface area contributed by atoms with Crippen molar-refractivity contribution in [1.82, 2.24) is 9.55 Å². The number of rotatable bonds is 8. The van der Waals surface area contributed by atoms with E-state index in [2.05, 4.69) is 13.4 Å². The van der Waals surface area contributed by atoms with E-state index >= 15 is 0 Å². The van der Waals surface area contributed by atoms with Gasteiger partial charge >= 0.3 is 21.3 Å². The van der Waals surface area contributed by atoms with E-state index in [-0.39, 0.29) is 6.42 Å². The van der Waals surface area contributed by atoms with E-state index < -0.39 is 82.6 Å². The Bertz CT molecular complexity index is 1080. The Morgan fingerprint density at radius 3 is 2.41 bits per heavy atom. The third kappa shape index (κ3) is 6.47. The van der Waals surface area contributed by atoms with Crippen LogP contribution in [0.1, 0.15) is 19.6 Å². The second-order valence-electron chi connectivity index (χ2n) is 7.59. The van der Waals surface area contributed by atoms with Gasteiger partial charge in [0.05, 0.1) is 18.8 Å². The van der Waals surface area contributed by atoms with E-state index in [0.717, 1.165) is 16.8 Å². The third-order valence-corrected chi connectivity index (χ3v) is 7.52. The molecule has 1 aromatic heterocycles. The molecule has 10 atom stereocenters. The summed E-state index contributed by atoms with van der Waals surface area (Å²) in [5.74, 6) is 0. The molecular weight excluding hydrogens is 510 g/mol. The summed E-state index contributed by atoms with van der Waals surface area (Å²) in [6.45, 7) is 0.517.